The van der Waals surface area contributed by atoms with E-state index in [0.717, 1.165) is 16.6 Å². The lowest BCUT2D eigenvalue weighted by Gasteiger charge is -2.16. The van der Waals surface area contributed by atoms with Crippen molar-refractivity contribution in [1.82, 2.24) is 19.6 Å². The van der Waals surface area contributed by atoms with E-state index in [0.29, 0.717) is 6.07 Å². The van der Waals surface area contributed by atoms with Crippen molar-refractivity contribution in [2.24, 2.45) is 0 Å². The fourth-order valence-corrected chi connectivity index (χ4v) is 3.87. The van der Waals surface area contributed by atoms with Gasteiger partial charge in [0.05, 0.1) is 32.5 Å². The second-order valence-electron chi connectivity index (χ2n) is 5.66. The Bertz CT molecular complexity index is 1180. The highest BCUT2D eigenvalue weighted by Gasteiger charge is 2.39. The van der Waals surface area contributed by atoms with E-state index in [2.05, 4.69) is 15.1 Å². The summed E-state index contributed by atoms with van der Waals surface area (Å²) in [6, 6.07) is 4.19. The number of anilines is 1. The molecule has 3 rings (SSSR count). The van der Waals surface area contributed by atoms with Gasteiger partial charge < -0.3 is 14.2 Å². The van der Waals surface area contributed by atoms with E-state index in [-0.39, 0.29) is 24.1 Å². The number of sulfonamides is 1. The third kappa shape index (κ3) is 4.03. The number of alkyl halides is 3. The summed E-state index contributed by atoms with van der Waals surface area (Å²) in [5.41, 5.74) is -1.39. The third-order valence-corrected chi connectivity index (χ3v) is 5.16. The van der Waals surface area contributed by atoms with Gasteiger partial charge in [0.2, 0.25) is 11.8 Å². The minimum absolute atomic E-state index is 0.0443. The van der Waals surface area contributed by atoms with Gasteiger partial charge in [-0.25, -0.2) is 13.1 Å². The molecule has 0 unspecified atom stereocenters. The molecule has 1 N–H and O–H groups in total. The summed E-state index contributed by atoms with van der Waals surface area (Å²) in [7, 11) is -2.12. The summed E-state index contributed by atoms with van der Waals surface area (Å²) in [6.07, 6.45) is -4.94. The van der Waals surface area contributed by atoms with Crippen molar-refractivity contribution in [3.63, 3.8) is 0 Å². The first-order valence-electron chi connectivity index (χ1n) is 8.32. The number of rotatable bonds is 7. The molecule has 0 bridgehead atoms. The molecule has 162 valence electrons. The van der Waals surface area contributed by atoms with Gasteiger partial charge in [-0.1, -0.05) is 6.07 Å². The fraction of sp³-hybridized carbons (Fsp3) is 0.312. The smallest absolute Gasteiger partial charge is 0.417 e. The Kier molecular flexibility index (Phi) is 5.61. The van der Waals surface area contributed by atoms with Crippen molar-refractivity contribution in [2.75, 3.05) is 25.5 Å². The first kappa shape index (κ1) is 21.4. The number of methoxy groups -OCH3 is 2. The maximum atomic E-state index is 13.5. The molecule has 0 saturated carbocycles. The molecule has 1 aromatic carbocycles. The monoisotopic (exact) mass is 447 g/mol. The maximum Gasteiger partial charge on any atom is 0.417 e. The van der Waals surface area contributed by atoms with Gasteiger partial charge in [-0.2, -0.15) is 27.7 Å². The number of halogens is 3. The van der Waals surface area contributed by atoms with Crippen LogP contribution in [0.1, 0.15) is 12.5 Å². The molecule has 0 radical (unpaired) electrons. The Hall–Kier alpha value is -3.29. The Labute approximate surface area is 168 Å². The van der Waals surface area contributed by atoms with Crippen molar-refractivity contribution in [1.29, 1.82) is 0 Å². The molecule has 2 aromatic heterocycles. The van der Waals surface area contributed by atoms with Crippen LogP contribution in [0.15, 0.2) is 29.2 Å². The standard InChI is InChI=1S/C16H16F3N5O5S/c1-4-29-10-7-5-6-9(16(17,18)19)13(10)30(25,26)23-14-21-15-20-11(27-2)8-12(28-3)24(15)22-14/h5-8H,4H2,1-3H3,(H,22,23). The van der Waals surface area contributed by atoms with Gasteiger partial charge in [0.25, 0.3) is 21.7 Å². The second-order valence-corrected chi connectivity index (χ2v) is 7.28. The molecule has 0 spiro atoms. The minimum Gasteiger partial charge on any atom is -0.492 e. The van der Waals surface area contributed by atoms with Gasteiger partial charge in [-0.15, -0.1) is 5.10 Å². The maximum absolute atomic E-state index is 13.5. The molecule has 2 heterocycles. The quantitative estimate of drug-likeness (QED) is 0.587. The summed E-state index contributed by atoms with van der Waals surface area (Å²) in [6.45, 7) is 1.47. The summed E-state index contributed by atoms with van der Waals surface area (Å²) < 4.78 is 84.3. The SMILES string of the molecule is CCOc1cccc(C(F)(F)F)c1S(=O)(=O)Nc1nc2nc(OC)cc(OC)n2n1. The van der Waals surface area contributed by atoms with Crippen LogP contribution in [0.4, 0.5) is 19.1 Å². The largest absolute Gasteiger partial charge is 0.492 e. The highest BCUT2D eigenvalue weighted by Crippen LogP contribution is 2.39. The number of aromatic nitrogens is 4. The first-order chi connectivity index (χ1) is 14.1. The highest BCUT2D eigenvalue weighted by molar-refractivity contribution is 7.92. The van der Waals surface area contributed by atoms with Crippen LogP contribution in [-0.2, 0) is 16.2 Å². The van der Waals surface area contributed by atoms with Crippen LogP contribution in [0.3, 0.4) is 0 Å². The van der Waals surface area contributed by atoms with E-state index in [1.807, 2.05) is 4.72 Å². The number of nitrogens with one attached hydrogen (secondary N) is 1. The van der Waals surface area contributed by atoms with Crippen molar-refractivity contribution in [3.05, 3.63) is 29.8 Å². The van der Waals surface area contributed by atoms with Gasteiger partial charge >= 0.3 is 6.18 Å². The van der Waals surface area contributed by atoms with Crippen LogP contribution < -0.4 is 18.9 Å². The Morgan fingerprint density at radius 2 is 1.90 bits per heavy atom. The predicted octanol–water partition coefficient (Wildman–Crippen LogP) is 2.36. The van der Waals surface area contributed by atoms with Crippen LogP contribution in [0.5, 0.6) is 17.5 Å². The normalized spacial score (nSPS) is 12.1. The predicted molar refractivity (Wildman–Crippen MR) is 97.3 cm³/mol. The Balaban J connectivity index is 2.12. The topological polar surface area (TPSA) is 117 Å². The van der Waals surface area contributed by atoms with Crippen LogP contribution in [-0.4, -0.2) is 48.8 Å². The molecule has 0 atom stereocenters. The third-order valence-electron chi connectivity index (χ3n) is 3.75. The second kappa shape index (κ2) is 7.85. The minimum atomic E-state index is -4.94. The molecule has 30 heavy (non-hydrogen) atoms. The van der Waals surface area contributed by atoms with E-state index in [1.54, 1.807) is 0 Å². The van der Waals surface area contributed by atoms with Crippen LogP contribution in [0.2, 0.25) is 0 Å². The lowest BCUT2D eigenvalue weighted by Crippen LogP contribution is -2.21. The van der Waals surface area contributed by atoms with E-state index in [1.165, 1.54) is 27.2 Å². The summed E-state index contributed by atoms with van der Waals surface area (Å²) in [4.78, 5) is 6.78. The number of hydrogen-bond acceptors (Lipinski definition) is 8. The van der Waals surface area contributed by atoms with E-state index in [4.69, 9.17) is 14.2 Å². The highest BCUT2D eigenvalue weighted by atomic mass is 32.2. The van der Waals surface area contributed by atoms with Crippen molar-refractivity contribution < 1.29 is 35.8 Å². The van der Waals surface area contributed by atoms with Crippen LogP contribution in [0.25, 0.3) is 5.78 Å². The molecule has 0 aliphatic rings. The van der Waals surface area contributed by atoms with Crippen molar-refractivity contribution >= 4 is 21.7 Å². The van der Waals surface area contributed by atoms with Gasteiger partial charge in [0.15, 0.2) is 0 Å². The zero-order valence-corrected chi connectivity index (χ0v) is 16.7. The van der Waals surface area contributed by atoms with Crippen LogP contribution >= 0.6 is 0 Å². The van der Waals surface area contributed by atoms with Crippen molar-refractivity contribution in [3.8, 4) is 17.5 Å². The number of fused-ring (bicyclic) bond motifs is 1. The molecular formula is C16H16F3N5O5S. The molecule has 0 fully saturated rings. The molecular weight excluding hydrogens is 431 g/mol. The average molecular weight is 447 g/mol. The van der Waals surface area contributed by atoms with Crippen molar-refractivity contribution in [2.45, 2.75) is 18.0 Å². The summed E-state index contributed by atoms with van der Waals surface area (Å²) in [5, 5.41) is 3.89. The molecule has 0 aliphatic carbocycles. The molecule has 0 saturated heterocycles. The zero-order valence-electron chi connectivity index (χ0n) is 15.9. The molecule has 0 amide bonds. The van der Waals surface area contributed by atoms with E-state index < -0.39 is 38.4 Å². The molecule has 10 nitrogen and oxygen atoms in total. The van der Waals surface area contributed by atoms with Gasteiger partial charge in [0, 0.05) is 0 Å². The fourth-order valence-electron chi connectivity index (χ4n) is 2.57. The zero-order chi connectivity index (χ0) is 22.1. The number of benzene rings is 1. The summed E-state index contributed by atoms with van der Waals surface area (Å²) in [5.74, 6) is -0.852. The first-order valence-corrected chi connectivity index (χ1v) is 9.80. The summed E-state index contributed by atoms with van der Waals surface area (Å²) >= 11 is 0. The molecule has 14 heteroatoms. The Morgan fingerprint density at radius 1 is 1.17 bits per heavy atom. The lowest BCUT2D eigenvalue weighted by molar-refractivity contribution is -0.140. The molecule has 3 aromatic rings. The number of ether oxygens (including phenoxy) is 3. The molecule has 0 aliphatic heterocycles. The average Bonchev–Trinajstić information content (AvgIpc) is 3.07. The van der Waals surface area contributed by atoms with E-state index >= 15 is 0 Å². The lowest BCUT2D eigenvalue weighted by atomic mass is 10.2. The van der Waals surface area contributed by atoms with Gasteiger partial charge in [-0.3, -0.25) is 0 Å². The Morgan fingerprint density at radius 3 is 2.50 bits per heavy atom. The van der Waals surface area contributed by atoms with Gasteiger partial charge in [-0.05, 0) is 19.1 Å². The van der Waals surface area contributed by atoms with Crippen LogP contribution in [0, 0.1) is 0 Å². The van der Waals surface area contributed by atoms with Gasteiger partial charge in [0.1, 0.15) is 10.6 Å². The number of nitrogens with zero attached hydrogens (tertiary/aromatic N) is 4. The van der Waals surface area contributed by atoms with E-state index in [9.17, 15) is 21.6 Å². The number of hydrogen-bond donors (Lipinski definition) is 1.